The lowest BCUT2D eigenvalue weighted by Gasteiger charge is -2.11. The zero-order valence-corrected chi connectivity index (χ0v) is 8.40. The van der Waals surface area contributed by atoms with E-state index in [-0.39, 0.29) is 10.6 Å². The summed E-state index contributed by atoms with van der Waals surface area (Å²) in [6.07, 6.45) is 0. The van der Waals surface area contributed by atoms with Gasteiger partial charge in [0.1, 0.15) is 11.6 Å². The molecule has 1 amide bonds. The SMILES string of the molecule is CN(C)C(=O)c1cc(F)c(Cl)cc1F. The molecule has 2 nitrogen and oxygen atoms in total. The van der Waals surface area contributed by atoms with Gasteiger partial charge in [-0.05, 0) is 12.1 Å². The van der Waals surface area contributed by atoms with Crippen LogP contribution < -0.4 is 0 Å². The summed E-state index contributed by atoms with van der Waals surface area (Å²) < 4.78 is 26.1. The van der Waals surface area contributed by atoms with E-state index < -0.39 is 17.5 Å². The van der Waals surface area contributed by atoms with Crippen molar-refractivity contribution in [1.29, 1.82) is 0 Å². The molecule has 0 heterocycles. The fraction of sp³-hybridized carbons (Fsp3) is 0.222. The average Bonchev–Trinajstić information content (AvgIpc) is 2.10. The lowest BCUT2D eigenvalue weighted by atomic mass is 10.2. The number of hydrogen-bond donors (Lipinski definition) is 0. The lowest BCUT2D eigenvalue weighted by molar-refractivity contribution is 0.0822. The highest BCUT2D eigenvalue weighted by atomic mass is 35.5. The Balaban J connectivity index is 3.22. The van der Waals surface area contributed by atoms with Crippen LogP contribution in [0.2, 0.25) is 5.02 Å². The van der Waals surface area contributed by atoms with Gasteiger partial charge in [0.25, 0.3) is 5.91 Å². The molecule has 0 saturated carbocycles. The molecule has 0 aliphatic rings. The van der Waals surface area contributed by atoms with Crippen molar-refractivity contribution in [3.05, 3.63) is 34.4 Å². The highest BCUT2D eigenvalue weighted by Gasteiger charge is 2.16. The van der Waals surface area contributed by atoms with Crippen LogP contribution in [0.5, 0.6) is 0 Å². The molecule has 76 valence electrons. The van der Waals surface area contributed by atoms with Crippen molar-refractivity contribution < 1.29 is 13.6 Å². The van der Waals surface area contributed by atoms with E-state index in [1.165, 1.54) is 14.1 Å². The summed E-state index contributed by atoms with van der Waals surface area (Å²) in [4.78, 5) is 12.5. The van der Waals surface area contributed by atoms with Crippen LogP contribution in [0.1, 0.15) is 10.4 Å². The Kier molecular flexibility index (Phi) is 3.06. The predicted octanol–water partition coefficient (Wildman–Crippen LogP) is 2.32. The zero-order chi connectivity index (χ0) is 10.9. The Hall–Kier alpha value is -1.16. The zero-order valence-electron chi connectivity index (χ0n) is 7.64. The summed E-state index contributed by atoms with van der Waals surface area (Å²) in [5.74, 6) is -2.23. The van der Waals surface area contributed by atoms with Crippen LogP contribution in [0.15, 0.2) is 12.1 Å². The van der Waals surface area contributed by atoms with E-state index in [0.717, 1.165) is 17.0 Å². The van der Waals surface area contributed by atoms with Gasteiger partial charge in [0.2, 0.25) is 0 Å². The molecular formula is C9H8ClF2NO. The normalized spacial score (nSPS) is 10.1. The molecule has 0 radical (unpaired) electrons. The Bertz CT molecular complexity index is 379. The first-order valence-corrected chi connectivity index (χ1v) is 4.17. The predicted molar refractivity (Wildman–Crippen MR) is 49.4 cm³/mol. The van der Waals surface area contributed by atoms with Crippen LogP contribution in [0.25, 0.3) is 0 Å². The molecule has 1 aromatic carbocycles. The summed E-state index contributed by atoms with van der Waals surface area (Å²) >= 11 is 5.33. The van der Waals surface area contributed by atoms with Crippen molar-refractivity contribution in [3.63, 3.8) is 0 Å². The second kappa shape index (κ2) is 3.92. The molecule has 0 spiro atoms. The number of rotatable bonds is 1. The van der Waals surface area contributed by atoms with E-state index in [0.29, 0.717) is 0 Å². The Labute approximate surface area is 85.1 Å². The van der Waals surface area contributed by atoms with E-state index >= 15 is 0 Å². The van der Waals surface area contributed by atoms with E-state index in [1.54, 1.807) is 0 Å². The third-order valence-corrected chi connectivity index (χ3v) is 1.94. The smallest absolute Gasteiger partial charge is 0.256 e. The second-order valence-electron chi connectivity index (χ2n) is 2.95. The Morgan fingerprint density at radius 3 is 2.36 bits per heavy atom. The molecule has 0 aliphatic heterocycles. The van der Waals surface area contributed by atoms with Gasteiger partial charge < -0.3 is 4.90 Å². The van der Waals surface area contributed by atoms with Gasteiger partial charge >= 0.3 is 0 Å². The standard InChI is InChI=1S/C9H8ClF2NO/c1-13(2)9(14)5-3-8(12)6(10)4-7(5)11/h3-4H,1-2H3. The first kappa shape index (κ1) is 10.9. The molecular weight excluding hydrogens is 212 g/mol. The van der Waals surface area contributed by atoms with E-state index in [4.69, 9.17) is 11.6 Å². The summed E-state index contributed by atoms with van der Waals surface area (Å²) in [5, 5.41) is -0.335. The molecule has 0 N–H and O–H groups in total. The van der Waals surface area contributed by atoms with Gasteiger partial charge in [0, 0.05) is 14.1 Å². The number of carbonyl (C=O) groups excluding carboxylic acids is 1. The lowest BCUT2D eigenvalue weighted by Crippen LogP contribution is -2.23. The van der Waals surface area contributed by atoms with Gasteiger partial charge in [-0.15, -0.1) is 0 Å². The van der Waals surface area contributed by atoms with Gasteiger partial charge in [-0.2, -0.15) is 0 Å². The third-order valence-electron chi connectivity index (χ3n) is 1.65. The molecule has 1 rings (SSSR count). The van der Waals surface area contributed by atoms with Gasteiger partial charge in [0.05, 0.1) is 10.6 Å². The van der Waals surface area contributed by atoms with Crippen LogP contribution in [-0.2, 0) is 0 Å². The topological polar surface area (TPSA) is 20.3 Å². The first-order valence-electron chi connectivity index (χ1n) is 3.79. The molecule has 1 aromatic rings. The maximum atomic E-state index is 13.1. The van der Waals surface area contributed by atoms with Gasteiger partial charge in [-0.25, -0.2) is 8.78 Å². The minimum atomic E-state index is -0.824. The summed E-state index contributed by atoms with van der Waals surface area (Å²) in [6, 6.07) is 1.58. The molecule has 14 heavy (non-hydrogen) atoms. The highest BCUT2D eigenvalue weighted by Crippen LogP contribution is 2.19. The quantitative estimate of drug-likeness (QED) is 0.664. The molecule has 0 saturated heterocycles. The first-order chi connectivity index (χ1) is 6.43. The molecule has 0 aromatic heterocycles. The van der Waals surface area contributed by atoms with Crippen molar-refractivity contribution in [1.82, 2.24) is 4.90 Å². The monoisotopic (exact) mass is 219 g/mol. The molecule has 5 heteroatoms. The molecule has 0 atom stereocenters. The minimum Gasteiger partial charge on any atom is -0.345 e. The fourth-order valence-corrected chi connectivity index (χ4v) is 1.08. The van der Waals surface area contributed by atoms with E-state index in [1.807, 2.05) is 0 Å². The van der Waals surface area contributed by atoms with Crippen LogP contribution >= 0.6 is 11.6 Å². The van der Waals surface area contributed by atoms with E-state index in [9.17, 15) is 13.6 Å². The van der Waals surface area contributed by atoms with Crippen molar-refractivity contribution in [2.75, 3.05) is 14.1 Å². The van der Waals surface area contributed by atoms with Gasteiger partial charge in [0.15, 0.2) is 0 Å². The third kappa shape index (κ3) is 2.01. The largest absolute Gasteiger partial charge is 0.345 e. The van der Waals surface area contributed by atoms with Crippen LogP contribution in [0.3, 0.4) is 0 Å². The molecule has 0 aliphatic carbocycles. The van der Waals surface area contributed by atoms with Crippen LogP contribution in [0.4, 0.5) is 8.78 Å². The average molecular weight is 220 g/mol. The maximum Gasteiger partial charge on any atom is 0.256 e. The number of amides is 1. The summed E-state index contributed by atoms with van der Waals surface area (Å²) in [6.45, 7) is 0. The van der Waals surface area contributed by atoms with Crippen LogP contribution in [-0.4, -0.2) is 24.9 Å². The number of nitrogens with zero attached hydrogens (tertiary/aromatic N) is 1. The van der Waals surface area contributed by atoms with E-state index in [2.05, 4.69) is 0 Å². The van der Waals surface area contributed by atoms with Crippen molar-refractivity contribution in [2.45, 2.75) is 0 Å². The molecule has 0 fully saturated rings. The van der Waals surface area contributed by atoms with Gasteiger partial charge in [-0.1, -0.05) is 11.6 Å². The highest BCUT2D eigenvalue weighted by molar-refractivity contribution is 6.30. The maximum absolute atomic E-state index is 13.1. The van der Waals surface area contributed by atoms with Gasteiger partial charge in [-0.3, -0.25) is 4.79 Å². The summed E-state index contributed by atoms with van der Waals surface area (Å²) in [5.41, 5.74) is -0.322. The fourth-order valence-electron chi connectivity index (χ4n) is 0.927. The number of halogens is 3. The van der Waals surface area contributed by atoms with Crippen molar-refractivity contribution >= 4 is 17.5 Å². The van der Waals surface area contributed by atoms with Crippen molar-refractivity contribution in [2.24, 2.45) is 0 Å². The van der Waals surface area contributed by atoms with Crippen LogP contribution in [0, 0.1) is 11.6 Å². The summed E-state index contributed by atoms with van der Waals surface area (Å²) in [7, 11) is 2.91. The molecule has 0 bridgehead atoms. The Morgan fingerprint density at radius 1 is 1.29 bits per heavy atom. The number of hydrogen-bond acceptors (Lipinski definition) is 1. The number of carbonyl (C=O) groups is 1. The molecule has 0 unspecified atom stereocenters. The minimum absolute atomic E-state index is 0.322. The van der Waals surface area contributed by atoms with Crippen molar-refractivity contribution in [3.8, 4) is 0 Å². The Morgan fingerprint density at radius 2 is 1.86 bits per heavy atom. The second-order valence-corrected chi connectivity index (χ2v) is 3.35. The number of benzene rings is 1.